The Hall–Kier alpha value is -2.57. The first-order valence-corrected chi connectivity index (χ1v) is 8.89. The molecule has 0 fully saturated rings. The molecule has 0 aliphatic rings. The summed E-state index contributed by atoms with van der Waals surface area (Å²) in [6, 6.07) is 24.4. The summed E-state index contributed by atoms with van der Waals surface area (Å²) in [5.74, 6) is 0. The van der Waals surface area contributed by atoms with Crippen LogP contribution in [-0.2, 0) is 15.9 Å². The number of halogens is 2. The Labute approximate surface area is 145 Å². The Morgan fingerprint density at radius 1 is 0.640 bits per heavy atom. The van der Waals surface area contributed by atoms with E-state index in [2.05, 4.69) is 0 Å². The lowest BCUT2D eigenvalue weighted by molar-refractivity contribution is 0.0477. The molecule has 0 heterocycles. The molecule has 0 bridgehead atoms. The van der Waals surface area contributed by atoms with Crippen LogP contribution in [-0.4, -0.2) is 12.9 Å². The third kappa shape index (κ3) is 3.06. The zero-order valence-electron chi connectivity index (χ0n) is 13.1. The van der Waals surface area contributed by atoms with Crippen molar-refractivity contribution in [2.75, 3.05) is 0 Å². The van der Waals surface area contributed by atoms with Gasteiger partial charge in [-0.1, -0.05) is 94.9 Å². The van der Waals surface area contributed by atoms with Crippen molar-refractivity contribution in [2.45, 2.75) is 5.54 Å². The van der Waals surface area contributed by atoms with Crippen LogP contribution in [0.4, 0.5) is 8.37 Å². The molecule has 0 spiro atoms. The molecule has 0 aliphatic heterocycles. The van der Waals surface area contributed by atoms with E-state index in [4.69, 9.17) is 0 Å². The van der Waals surface area contributed by atoms with Crippen molar-refractivity contribution in [3.05, 3.63) is 108 Å². The largest absolute Gasteiger partial charge is 0.403 e. The maximum atomic E-state index is 15.2. The quantitative estimate of drug-likeness (QED) is 0.385. The van der Waals surface area contributed by atoms with Crippen LogP contribution in [0.5, 0.6) is 0 Å². The first-order valence-electron chi connectivity index (χ1n) is 7.54. The third-order valence-corrected chi connectivity index (χ3v) is 4.69. The van der Waals surface area contributed by atoms with Crippen molar-refractivity contribution in [3.63, 3.8) is 0 Å². The van der Waals surface area contributed by atoms with E-state index >= 15 is 4.48 Å². The average molecular weight is 359 g/mol. The first kappa shape index (κ1) is 17.3. The van der Waals surface area contributed by atoms with Crippen molar-refractivity contribution < 1.29 is 16.8 Å². The third-order valence-electron chi connectivity index (χ3n) is 4.03. The SMILES string of the molecule is O=S(=O)(F)N(F)C(c1ccccc1)(c1ccccc1)c1ccccc1. The highest BCUT2D eigenvalue weighted by Gasteiger charge is 2.49. The molecular weight excluding hydrogens is 344 g/mol. The standard InChI is InChI=1S/C19H15F2NO2S/c20-22(25(21,23)24)19(16-10-4-1-5-11-16,17-12-6-2-7-13-17)18-14-8-3-9-15-18/h1-15H. The molecule has 0 aliphatic carbocycles. The lowest BCUT2D eigenvalue weighted by Gasteiger charge is -2.37. The lowest BCUT2D eigenvalue weighted by atomic mass is 9.78. The van der Waals surface area contributed by atoms with E-state index in [0.29, 0.717) is 0 Å². The molecule has 0 radical (unpaired) electrons. The van der Waals surface area contributed by atoms with Crippen molar-refractivity contribution in [1.29, 1.82) is 0 Å². The van der Waals surface area contributed by atoms with Crippen LogP contribution in [0.15, 0.2) is 91.0 Å². The Kier molecular flexibility index (Phi) is 4.65. The van der Waals surface area contributed by atoms with Gasteiger partial charge in [-0.3, -0.25) is 0 Å². The van der Waals surface area contributed by atoms with Gasteiger partial charge in [0.2, 0.25) is 0 Å². The highest BCUT2D eigenvalue weighted by atomic mass is 32.3. The molecule has 3 rings (SSSR count). The molecule has 25 heavy (non-hydrogen) atoms. The smallest absolute Gasteiger partial charge is 0.174 e. The Morgan fingerprint density at radius 3 is 1.16 bits per heavy atom. The van der Waals surface area contributed by atoms with E-state index in [-0.39, 0.29) is 16.7 Å². The number of benzene rings is 3. The fourth-order valence-corrected chi connectivity index (χ4v) is 3.65. The van der Waals surface area contributed by atoms with Crippen LogP contribution in [0.1, 0.15) is 16.7 Å². The molecule has 3 aromatic rings. The van der Waals surface area contributed by atoms with Gasteiger partial charge in [0, 0.05) is 4.53 Å². The van der Waals surface area contributed by atoms with Crippen LogP contribution in [0.2, 0.25) is 0 Å². The van der Waals surface area contributed by atoms with Gasteiger partial charge >= 0.3 is 10.4 Å². The molecule has 3 aromatic carbocycles. The topological polar surface area (TPSA) is 37.4 Å². The Morgan fingerprint density at radius 2 is 0.920 bits per heavy atom. The molecule has 128 valence electrons. The molecule has 0 amide bonds. The molecule has 0 N–H and O–H groups in total. The summed E-state index contributed by atoms with van der Waals surface area (Å²) in [4.78, 5) is 0. The zero-order chi connectivity index (χ0) is 17.9. The predicted molar refractivity (Wildman–Crippen MR) is 92.2 cm³/mol. The second-order valence-electron chi connectivity index (χ2n) is 5.47. The van der Waals surface area contributed by atoms with Gasteiger partial charge in [0.1, 0.15) is 5.54 Å². The fourth-order valence-electron chi connectivity index (χ4n) is 3.01. The summed E-state index contributed by atoms with van der Waals surface area (Å²) >= 11 is 0. The van der Waals surface area contributed by atoms with Crippen molar-refractivity contribution in [2.24, 2.45) is 0 Å². The van der Waals surface area contributed by atoms with Gasteiger partial charge in [-0.15, -0.1) is 4.48 Å². The molecule has 0 atom stereocenters. The normalized spacial score (nSPS) is 12.3. The fraction of sp³-hybridized carbons (Fsp3) is 0.0526. The van der Waals surface area contributed by atoms with Gasteiger partial charge in [-0.2, -0.15) is 8.42 Å². The maximum Gasteiger partial charge on any atom is 0.403 e. The number of nitrogens with zero attached hydrogens (tertiary/aromatic N) is 1. The van der Waals surface area contributed by atoms with Crippen LogP contribution < -0.4 is 0 Å². The van der Waals surface area contributed by atoms with E-state index in [9.17, 15) is 12.3 Å². The van der Waals surface area contributed by atoms with Crippen molar-refractivity contribution >= 4 is 10.4 Å². The number of rotatable bonds is 5. The molecule has 0 saturated carbocycles. The van der Waals surface area contributed by atoms with Crippen LogP contribution in [0, 0.1) is 0 Å². The van der Waals surface area contributed by atoms with Crippen LogP contribution in [0.25, 0.3) is 0 Å². The summed E-state index contributed by atoms with van der Waals surface area (Å²) in [6.07, 6.45) is 0. The van der Waals surface area contributed by atoms with Gasteiger partial charge in [0.05, 0.1) is 0 Å². The lowest BCUT2D eigenvalue weighted by Crippen LogP contribution is -2.45. The van der Waals surface area contributed by atoms with Crippen molar-refractivity contribution in [3.8, 4) is 0 Å². The minimum absolute atomic E-state index is 0.288. The van der Waals surface area contributed by atoms with E-state index in [0.717, 1.165) is 0 Å². The molecule has 0 unspecified atom stereocenters. The Balaban J connectivity index is 2.44. The van der Waals surface area contributed by atoms with Gasteiger partial charge in [-0.25, -0.2) is 0 Å². The minimum Gasteiger partial charge on any atom is -0.174 e. The summed E-state index contributed by atoms with van der Waals surface area (Å²) < 4.78 is 51.5. The summed E-state index contributed by atoms with van der Waals surface area (Å²) in [7, 11) is -5.64. The molecule has 3 nitrogen and oxygen atoms in total. The van der Waals surface area contributed by atoms with Gasteiger partial charge in [-0.05, 0) is 16.7 Å². The van der Waals surface area contributed by atoms with E-state index in [1.807, 2.05) is 0 Å². The summed E-state index contributed by atoms with van der Waals surface area (Å²) in [6.45, 7) is 0. The number of hydrogen-bond acceptors (Lipinski definition) is 2. The van der Waals surface area contributed by atoms with E-state index < -0.39 is 20.5 Å². The summed E-state index contributed by atoms with van der Waals surface area (Å²) in [5.41, 5.74) is -1.11. The van der Waals surface area contributed by atoms with Crippen LogP contribution >= 0.6 is 0 Å². The number of hydrogen-bond donors (Lipinski definition) is 0. The predicted octanol–water partition coefficient (Wildman–Crippen LogP) is 4.38. The molecular formula is C19H15F2NO2S. The first-order chi connectivity index (χ1) is 12.0. The van der Waals surface area contributed by atoms with Crippen molar-refractivity contribution in [1.82, 2.24) is 4.53 Å². The van der Waals surface area contributed by atoms with E-state index in [1.165, 1.54) is 0 Å². The second kappa shape index (κ2) is 6.74. The van der Waals surface area contributed by atoms with Gasteiger partial charge < -0.3 is 0 Å². The second-order valence-corrected chi connectivity index (χ2v) is 6.61. The minimum atomic E-state index is -5.64. The average Bonchev–Trinajstić information content (AvgIpc) is 2.64. The molecule has 0 saturated heterocycles. The molecule has 0 aromatic heterocycles. The monoisotopic (exact) mass is 359 g/mol. The molecule has 6 heteroatoms. The van der Waals surface area contributed by atoms with Gasteiger partial charge in [0.25, 0.3) is 0 Å². The van der Waals surface area contributed by atoms with Gasteiger partial charge in [0.15, 0.2) is 0 Å². The van der Waals surface area contributed by atoms with E-state index in [1.54, 1.807) is 91.0 Å². The zero-order valence-corrected chi connectivity index (χ0v) is 13.9. The maximum absolute atomic E-state index is 15.2. The summed E-state index contributed by atoms with van der Waals surface area (Å²) in [5, 5.41) is 0. The highest BCUT2D eigenvalue weighted by Crippen LogP contribution is 2.44. The van der Waals surface area contributed by atoms with Crippen LogP contribution in [0.3, 0.4) is 0 Å². The Bertz CT molecular complexity index is 836. The highest BCUT2D eigenvalue weighted by molar-refractivity contribution is 7.83.